The van der Waals surface area contributed by atoms with Crippen LogP contribution in [0.4, 0.5) is 18.9 Å². The Labute approximate surface area is 132 Å². The molecule has 0 amide bonds. The molecule has 0 fully saturated rings. The average Bonchev–Trinajstić information content (AvgIpc) is 2.46. The summed E-state index contributed by atoms with van der Waals surface area (Å²) in [6.07, 6.45) is -4.78. The van der Waals surface area contributed by atoms with Crippen molar-refractivity contribution < 1.29 is 26.3 Å². The molecular weight excluding hydrogens is 331 g/mol. The molecule has 0 saturated carbocycles. The zero-order chi connectivity index (χ0) is 17.3. The van der Waals surface area contributed by atoms with Gasteiger partial charge in [-0.3, -0.25) is 4.72 Å². The number of benzene rings is 2. The van der Waals surface area contributed by atoms with Crippen LogP contribution in [0.25, 0.3) is 0 Å². The van der Waals surface area contributed by atoms with Crippen molar-refractivity contribution in [3.05, 3.63) is 53.6 Å². The molecule has 0 radical (unpaired) electrons. The van der Waals surface area contributed by atoms with Gasteiger partial charge in [-0.15, -0.1) is 0 Å². The highest BCUT2D eigenvalue weighted by molar-refractivity contribution is 7.92. The minimum Gasteiger partial charge on any atom is -0.495 e. The van der Waals surface area contributed by atoms with Crippen LogP contribution in [0.15, 0.2) is 47.4 Å². The number of ether oxygens (including phenoxy) is 1. The van der Waals surface area contributed by atoms with Crippen molar-refractivity contribution in [2.24, 2.45) is 0 Å². The minimum absolute atomic E-state index is 0.0736. The third kappa shape index (κ3) is 3.76. The van der Waals surface area contributed by atoms with E-state index in [1.54, 1.807) is 13.0 Å². The number of rotatable bonds is 4. The van der Waals surface area contributed by atoms with Crippen molar-refractivity contribution in [3.8, 4) is 5.75 Å². The minimum atomic E-state index is -4.78. The molecular formula is C15H14F3NO3S. The molecule has 0 aliphatic rings. The number of hydrogen-bond acceptors (Lipinski definition) is 3. The average molecular weight is 345 g/mol. The second kappa shape index (κ2) is 6.11. The lowest BCUT2D eigenvalue weighted by atomic mass is 10.2. The third-order valence-corrected chi connectivity index (χ3v) is 4.50. The first kappa shape index (κ1) is 17.1. The molecule has 2 aromatic carbocycles. The molecule has 8 heteroatoms. The number of methoxy groups -OCH3 is 1. The summed E-state index contributed by atoms with van der Waals surface area (Å²) >= 11 is 0. The molecule has 0 heterocycles. The largest absolute Gasteiger partial charge is 0.495 e. The van der Waals surface area contributed by atoms with E-state index in [2.05, 4.69) is 4.72 Å². The first-order valence-electron chi connectivity index (χ1n) is 6.49. The van der Waals surface area contributed by atoms with Crippen LogP contribution >= 0.6 is 0 Å². The van der Waals surface area contributed by atoms with Crippen molar-refractivity contribution in [2.75, 3.05) is 11.8 Å². The molecule has 1 N–H and O–H groups in total. The Morgan fingerprint density at radius 3 is 2.35 bits per heavy atom. The van der Waals surface area contributed by atoms with Gasteiger partial charge in [-0.1, -0.05) is 18.2 Å². The van der Waals surface area contributed by atoms with E-state index in [-0.39, 0.29) is 11.4 Å². The van der Waals surface area contributed by atoms with Gasteiger partial charge in [0.1, 0.15) is 5.75 Å². The Morgan fingerprint density at radius 2 is 1.74 bits per heavy atom. The molecule has 0 saturated heterocycles. The first-order chi connectivity index (χ1) is 10.6. The Balaban J connectivity index is 2.51. The van der Waals surface area contributed by atoms with Crippen LogP contribution in [-0.4, -0.2) is 15.5 Å². The monoisotopic (exact) mass is 345 g/mol. The van der Waals surface area contributed by atoms with Gasteiger partial charge in [0.2, 0.25) is 0 Å². The molecule has 0 spiro atoms. The summed E-state index contributed by atoms with van der Waals surface area (Å²) in [6, 6.07) is 8.71. The molecule has 0 aliphatic heterocycles. The molecule has 124 valence electrons. The lowest BCUT2D eigenvalue weighted by molar-refractivity contribution is -0.139. The van der Waals surface area contributed by atoms with Crippen molar-refractivity contribution in [3.63, 3.8) is 0 Å². The van der Waals surface area contributed by atoms with Crippen molar-refractivity contribution >= 4 is 15.7 Å². The van der Waals surface area contributed by atoms with Crippen LogP contribution in [0.3, 0.4) is 0 Å². The molecule has 2 aromatic rings. The summed E-state index contributed by atoms with van der Waals surface area (Å²) in [5.41, 5.74) is -0.420. The lowest BCUT2D eigenvalue weighted by Crippen LogP contribution is -2.19. The fourth-order valence-corrected chi connectivity index (χ4v) is 3.33. The molecule has 0 aliphatic carbocycles. The van der Waals surface area contributed by atoms with E-state index in [1.165, 1.54) is 25.3 Å². The van der Waals surface area contributed by atoms with Crippen molar-refractivity contribution in [2.45, 2.75) is 18.0 Å². The van der Waals surface area contributed by atoms with Crippen molar-refractivity contribution in [1.82, 2.24) is 0 Å². The van der Waals surface area contributed by atoms with Crippen LogP contribution in [0.2, 0.25) is 0 Å². The van der Waals surface area contributed by atoms with Gasteiger partial charge in [-0.05, 0) is 36.8 Å². The maximum Gasteiger partial charge on any atom is 0.417 e. The lowest BCUT2D eigenvalue weighted by Gasteiger charge is -2.16. The van der Waals surface area contributed by atoms with E-state index in [4.69, 9.17) is 4.74 Å². The predicted molar refractivity (Wildman–Crippen MR) is 80.0 cm³/mol. The smallest absolute Gasteiger partial charge is 0.417 e. The molecule has 0 aromatic heterocycles. The summed E-state index contributed by atoms with van der Waals surface area (Å²) in [5.74, 6) is 0.212. The number of halogens is 3. The summed E-state index contributed by atoms with van der Waals surface area (Å²) in [4.78, 5) is -0.837. The van der Waals surface area contributed by atoms with Crippen LogP contribution in [0.5, 0.6) is 5.75 Å². The molecule has 2 rings (SSSR count). The SMILES string of the molecule is COc1ccc(C)cc1NS(=O)(=O)c1ccccc1C(F)(F)F. The van der Waals surface area contributed by atoms with Crippen LogP contribution in [-0.2, 0) is 16.2 Å². The summed E-state index contributed by atoms with van der Waals surface area (Å²) in [6.45, 7) is 1.72. The molecule has 0 bridgehead atoms. The number of hydrogen-bond donors (Lipinski definition) is 1. The van der Waals surface area contributed by atoms with Crippen LogP contribution in [0.1, 0.15) is 11.1 Å². The van der Waals surface area contributed by atoms with Gasteiger partial charge in [-0.25, -0.2) is 8.42 Å². The van der Waals surface area contributed by atoms with E-state index < -0.39 is 26.7 Å². The highest BCUT2D eigenvalue weighted by Crippen LogP contribution is 2.35. The fourth-order valence-electron chi connectivity index (χ4n) is 2.04. The van der Waals surface area contributed by atoms with Gasteiger partial charge in [0.25, 0.3) is 10.0 Å². The number of aryl methyl sites for hydroxylation is 1. The Bertz CT molecular complexity index is 817. The van der Waals surface area contributed by atoms with E-state index in [9.17, 15) is 21.6 Å². The summed E-state index contributed by atoms with van der Waals surface area (Å²) in [5, 5.41) is 0. The molecule has 23 heavy (non-hydrogen) atoms. The molecule has 4 nitrogen and oxygen atoms in total. The molecule has 0 atom stereocenters. The topological polar surface area (TPSA) is 55.4 Å². The number of nitrogens with one attached hydrogen (secondary N) is 1. The van der Waals surface area contributed by atoms with Crippen LogP contribution in [0, 0.1) is 6.92 Å². The second-order valence-electron chi connectivity index (χ2n) is 4.80. The number of sulfonamides is 1. The van der Waals surface area contributed by atoms with E-state index >= 15 is 0 Å². The normalized spacial score (nSPS) is 12.0. The molecule has 0 unspecified atom stereocenters. The highest BCUT2D eigenvalue weighted by atomic mass is 32.2. The van der Waals surface area contributed by atoms with Crippen molar-refractivity contribution in [1.29, 1.82) is 0 Å². The van der Waals surface area contributed by atoms with Gasteiger partial charge in [0, 0.05) is 0 Å². The van der Waals surface area contributed by atoms with Gasteiger partial charge in [0.15, 0.2) is 0 Å². The number of anilines is 1. The quantitative estimate of drug-likeness (QED) is 0.916. The van der Waals surface area contributed by atoms with Gasteiger partial charge < -0.3 is 4.74 Å². The van der Waals surface area contributed by atoms with E-state index in [0.29, 0.717) is 0 Å². The summed E-state index contributed by atoms with van der Waals surface area (Å²) in [7, 11) is -3.09. The van der Waals surface area contributed by atoms with Crippen LogP contribution < -0.4 is 9.46 Å². The zero-order valence-corrected chi connectivity index (χ0v) is 13.1. The fraction of sp³-hybridized carbons (Fsp3) is 0.200. The standard InChI is InChI=1S/C15H14F3NO3S/c1-10-7-8-13(22-2)12(9-10)19-23(20,21)14-6-4-3-5-11(14)15(16,17)18/h3-9,19H,1-2H3. The van der Waals surface area contributed by atoms with Gasteiger partial charge in [0.05, 0.1) is 23.3 Å². The Hall–Kier alpha value is -2.22. The van der Waals surface area contributed by atoms with Gasteiger partial charge in [-0.2, -0.15) is 13.2 Å². The zero-order valence-electron chi connectivity index (χ0n) is 12.3. The first-order valence-corrected chi connectivity index (χ1v) is 7.97. The third-order valence-electron chi connectivity index (χ3n) is 3.08. The van der Waals surface area contributed by atoms with E-state index in [0.717, 1.165) is 23.8 Å². The predicted octanol–water partition coefficient (Wildman–Crippen LogP) is 3.82. The Kier molecular flexibility index (Phi) is 4.56. The van der Waals surface area contributed by atoms with E-state index in [1.807, 2.05) is 0 Å². The number of alkyl halides is 3. The highest BCUT2D eigenvalue weighted by Gasteiger charge is 2.37. The second-order valence-corrected chi connectivity index (χ2v) is 6.45. The Morgan fingerprint density at radius 1 is 1.09 bits per heavy atom. The summed E-state index contributed by atoms with van der Waals surface area (Å²) < 4.78 is 71.0. The maximum absolute atomic E-state index is 13.0. The van der Waals surface area contributed by atoms with Gasteiger partial charge >= 0.3 is 6.18 Å². The maximum atomic E-state index is 13.0.